The van der Waals surface area contributed by atoms with Gasteiger partial charge in [-0.1, -0.05) is 52.8 Å². The molecular weight excluding hydrogens is 232 g/mol. The molecule has 0 fully saturated rings. The van der Waals surface area contributed by atoms with Gasteiger partial charge in [0, 0.05) is 6.04 Å². The molecule has 2 heteroatoms. The summed E-state index contributed by atoms with van der Waals surface area (Å²) in [5, 5.41) is 0. The Morgan fingerprint density at radius 1 is 1.11 bits per heavy atom. The fourth-order valence-corrected chi connectivity index (χ4v) is 2.44. The van der Waals surface area contributed by atoms with Crippen molar-refractivity contribution < 1.29 is 0 Å². The van der Waals surface area contributed by atoms with Crippen LogP contribution in [0.3, 0.4) is 0 Å². The SMILES string of the molecule is Cc1cc(C(C)(C)C)ccc1C(N)C(C)(C)CCN. The van der Waals surface area contributed by atoms with Crippen molar-refractivity contribution in [3.8, 4) is 0 Å². The van der Waals surface area contributed by atoms with Crippen LogP contribution in [0.5, 0.6) is 0 Å². The second-order valence-corrected chi connectivity index (χ2v) is 7.33. The molecule has 0 amide bonds. The normalized spacial score (nSPS) is 14.5. The first-order chi connectivity index (χ1) is 8.59. The average Bonchev–Trinajstić information content (AvgIpc) is 2.26. The minimum absolute atomic E-state index is 0.0305. The second kappa shape index (κ2) is 5.64. The lowest BCUT2D eigenvalue weighted by Crippen LogP contribution is -2.32. The minimum Gasteiger partial charge on any atom is -0.330 e. The van der Waals surface area contributed by atoms with Crippen LogP contribution in [0.4, 0.5) is 0 Å². The van der Waals surface area contributed by atoms with Crippen LogP contribution in [-0.2, 0) is 5.41 Å². The Kier molecular flexibility index (Phi) is 4.81. The molecule has 0 bridgehead atoms. The second-order valence-electron chi connectivity index (χ2n) is 7.33. The molecule has 0 saturated heterocycles. The molecule has 0 saturated carbocycles. The summed E-state index contributed by atoms with van der Waals surface area (Å²) < 4.78 is 0. The topological polar surface area (TPSA) is 52.0 Å². The van der Waals surface area contributed by atoms with E-state index in [1.165, 1.54) is 16.7 Å². The zero-order valence-corrected chi connectivity index (χ0v) is 13.4. The van der Waals surface area contributed by atoms with Crippen molar-refractivity contribution in [2.45, 2.75) is 59.4 Å². The maximum absolute atomic E-state index is 6.46. The highest BCUT2D eigenvalue weighted by molar-refractivity contribution is 5.36. The number of hydrogen-bond donors (Lipinski definition) is 2. The standard InChI is InChI=1S/C17H30N2/c1-12-11-13(16(2,3)4)7-8-14(12)15(19)17(5,6)9-10-18/h7-8,11,15H,9-10,18-19H2,1-6H3. The number of aryl methyl sites for hydroxylation is 1. The van der Waals surface area contributed by atoms with Gasteiger partial charge in [0.1, 0.15) is 0 Å². The Hall–Kier alpha value is -0.860. The lowest BCUT2D eigenvalue weighted by Gasteiger charge is -2.33. The highest BCUT2D eigenvalue weighted by Gasteiger charge is 2.28. The largest absolute Gasteiger partial charge is 0.330 e. The van der Waals surface area contributed by atoms with Gasteiger partial charge in [-0.05, 0) is 47.4 Å². The highest BCUT2D eigenvalue weighted by Crippen LogP contribution is 2.36. The van der Waals surface area contributed by atoms with Crippen molar-refractivity contribution in [2.24, 2.45) is 16.9 Å². The smallest absolute Gasteiger partial charge is 0.0349 e. The predicted octanol–water partition coefficient (Wildman–Crippen LogP) is 3.67. The summed E-state index contributed by atoms with van der Waals surface area (Å²) in [6, 6.07) is 6.71. The Bertz CT molecular complexity index is 427. The molecular formula is C17H30N2. The van der Waals surface area contributed by atoms with Gasteiger partial charge in [0.25, 0.3) is 0 Å². The van der Waals surface area contributed by atoms with Crippen LogP contribution < -0.4 is 11.5 Å². The first-order valence-corrected chi connectivity index (χ1v) is 7.16. The Balaban J connectivity index is 3.10. The molecule has 0 aliphatic carbocycles. The Morgan fingerprint density at radius 3 is 2.11 bits per heavy atom. The quantitative estimate of drug-likeness (QED) is 0.870. The highest BCUT2D eigenvalue weighted by atomic mass is 14.7. The first kappa shape index (κ1) is 16.2. The summed E-state index contributed by atoms with van der Waals surface area (Å²) in [6.45, 7) is 13.9. The molecule has 0 spiro atoms. The Labute approximate surface area is 118 Å². The van der Waals surface area contributed by atoms with Gasteiger partial charge in [-0.25, -0.2) is 0 Å². The van der Waals surface area contributed by atoms with E-state index in [1.807, 2.05) is 0 Å². The molecule has 1 aromatic rings. The van der Waals surface area contributed by atoms with Crippen LogP contribution in [0, 0.1) is 12.3 Å². The minimum atomic E-state index is 0.0305. The fourth-order valence-electron chi connectivity index (χ4n) is 2.44. The van der Waals surface area contributed by atoms with Crippen LogP contribution in [0.2, 0.25) is 0 Å². The summed E-state index contributed by atoms with van der Waals surface area (Å²) in [4.78, 5) is 0. The van der Waals surface area contributed by atoms with Gasteiger partial charge in [0.2, 0.25) is 0 Å². The van der Waals surface area contributed by atoms with E-state index >= 15 is 0 Å². The maximum atomic E-state index is 6.46. The molecule has 1 atom stereocenters. The molecule has 1 unspecified atom stereocenters. The number of benzene rings is 1. The van der Waals surface area contributed by atoms with Crippen molar-refractivity contribution >= 4 is 0 Å². The molecule has 1 aromatic carbocycles. The zero-order valence-electron chi connectivity index (χ0n) is 13.4. The monoisotopic (exact) mass is 262 g/mol. The predicted molar refractivity (Wildman–Crippen MR) is 84.3 cm³/mol. The molecule has 2 nitrogen and oxygen atoms in total. The third kappa shape index (κ3) is 3.80. The summed E-state index contributed by atoms with van der Waals surface area (Å²) >= 11 is 0. The average molecular weight is 262 g/mol. The molecule has 0 heterocycles. The molecule has 0 aliphatic rings. The fraction of sp³-hybridized carbons (Fsp3) is 0.647. The first-order valence-electron chi connectivity index (χ1n) is 7.16. The summed E-state index contributed by atoms with van der Waals surface area (Å²) in [5.41, 5.74) is 16.3. The van der Waals surface area contributed by atoms with Crippen molar-refractivity contribution in [3.05, 3.63) is 34.9 Å². The van der Waals surface area contributed by atoms with Crippen molar-refractivity contribution in [2.75, 3.05) is 6.54 Å². The zero-order chi connectivity index (χ0) is 14.8. The van der Waals surface area contributed by atoms with Gasteiger partial charge in [-0.3, -0.25) is 0 Å². The summed E-state index contributed by atoms with van der Waals surface area (Å²) in [6.07, 6.45) is 0.939. The molecule has 108 valence electrons. The van der Waals surface area contributed by atoms with E-state index in [2.05, 4.69) is 59.7 Å². The van der Waals surface area contributed by atoms with Gasteiger partial charge in [-0.2, -0.15) is 0 Å². The van der Waals surface area contributed by atoms with Crippen LogP contribution in [0.1, 0.15) is 63.8 Å². The van der Waals surface area contributed by atoms with Gasteiger partial charge < -0.3 is 11.5 Å². The van der Waals surface area contributed by atoms with E-state index in [9.17, 15) is 0 Å². The van der Waals surface area contributed by atoms with Gasteiger partial charge >= 0.3 is 0 Å². The van der Waals surface area contributed by atoms with Gasteiger partial charge in [0.15, 0.2) is 0 Å². The lowest BCUT2D eigenvalue weighted by atomic mass is 9.76. The summed E-state index contributed by atoms with van der Waals surface area (Å²) in [7, 11) is 0. The van der Waals surface area contributed by atoms with Crippen LogP contribution in [-0.4, -0.2) is 6.54 Å². The molecule has 0 aromatic heterocycles. The van der Waals surface area contributed by atoms with E-state index in [1.54, 1.807) is 0 Å². The third-order valence-electron chi connectivity index (χ3n) is 4.10. The van der Waals surface area contributed by atoms with Crippen molar-refractivity contribution in [1.82, 2.24) is 0 Å². The maximum Gasteiger partial charge on any atom is 0.0349 e. The molecule has 0 aliphatic heterocycles. The van der Waals surface area contributed by atoms with Crippen molar-refractivity contribution in [3.63, 3.8) is 0 Å². The molecule has 1 rings (SSSR count). The molecule has 19 heavy (non-hydrogen) atoms. The Morgan fingerprint density at radius 2 is 1.68 bits per heavy atom. The van der Waals surface area contributed by atoms with E-state index < -0.39 is 0 Å². The number of rotatable bonds is 4. The van der Waals surface area contributed by atoms with E-state index in [0.717, 1.165) is 6.42 Å². The number of nitrogens with two attached hydrogens (primary N) is 2. The van der Waals surface area contributed by atoms with E-state index in [-0.39, 0.29) is 16.9 Å². The van der Waals surface area contributed by atoms with E-state index in [0.29, 0.717) is 6.54 Å². The summed E-state index contributed by atoms with van der Waals surface area (Å²) in [5.74, 6) is 0. The van der Waals surface area contributed by atoms with Crippen LogP contribution >= 0.6 is 0 Å². The number of hydrogen-bond acceptors (Lipinski definition) is 2. The van der Waals surface area contributed by atoms with Crippen LogP contribution in [0.15, 0.2) is 18.2 Å². The molecule has 4 N–H and O–H groups in total. The van der Waals surface area contributed by atoms with Crippen molar-refractivity contribution in [1.29, 1.82) is 0 Å². The lowest BCUT2D eigenvalue weighted by molar-refractivity contribution is 0.270. The van der Waals surface area contributed by atoms with Crippen LogP contribution in [0.25, 0.3) is 0 Å². The van der Waals surface area contributed by atoms with Gasteiger partial charge in [-0.15, -0.1) is 0 Å². The van der Waals surface area contributed by atoms with E-state index in [4.69, 9.17) is 11.5 Å². The molecule has 0 radical (unpaired) electrons. The third-order valence-corrected chi connectivity index (χ3v) is 4.10. The van der Waals surface area contributed by atoms with Gasteiger partial charge in [0.05, 0.1) is 0 Å².